The molecule has 1 heterocycles. The molecule has 2 rings (SSSR count). The predicted octanol–water partition coefficient (Wildman–Crippen LogP) is 2.69. The molecule has 1 aromatic carbocycles. The molecule has 0 N–H and O–H groups in total. The van der Waals surface area contributed by atoms with Crippen LogP contribution in [-0.4, -0.2) is 49.2 Å². The van der Waals surface area contributed by atoms with Crippen molar-refractivity contribution in [3.8, 4) is 0 Å². The van der Waals surface area contributed by atoms with Gasteiger partial charge in [-0.3, -0.25) is 19.4 Å². The van der Waals surface area contributed by atoms with Crippen molar-refractivity contribution in [2.24, 2.45) is 0 Å². The van der Waals surface area contributed by atoms with Crippen LogP contribution in [0.1, 0.15) is 18.1 Å². The van der Waals surface area contributed by atoms with Crippen molar-refractivity contribution in [2.45, 2.75) is 26.1 Å². The number of hydrogen-bond acceptors (Lipinski definition) is 4. The SMILES string of the molecule is C=CCN1CCc2cccc(N(CC(=O)OCC)C(=O)C(F)(F)F)c2C1. The topological polar surface area (TPSA) is 49.9 Å². The Morgan fingerprint density at radius 2 is 2.12 bits per heavy atom. The lowest BCUT2D eigenvalue weighted by Crippen LogP contribution is -2.45. The van der Waals surface area contributed by atoms with Gasteiger partial charge in [-0.05, 0) is 30.5 Å². The Balaban J connectivity index is 2.43. The molecular weight excluding hydrogens is 349 g/mol. The first kappa shape index (κ1) is 20.0. The average Bonchev–Trinajstić information content (AvgIpc) is 2.58. The van der Waals surface area contributed by atoms with Crippen LogP contribution < -0.4 is 4.90 Å². The molecule has 0 spiro atoms. The van der Waals surface area contributed by atoms with E-state index < -0.39 is 24.6 Å². The van der Waals surface area contributed by atoms with Crippen LogP contribution in [0.25, 0.3) is 0 Å². The standard InChI is InChI=1S/C18H21F3N2O3/c1-3-9-22-10-8-13-6-5-7-15(14(13)11-22)23(12-16(24)26-4-2)17(25)18(19,20)21/h3,5-7H,1,4,8-12H2,2H3. The first-order valence-corrected chi connectivity index (χ1v) is 8.26. The van der Waals surface area contributed by atoms with Gasteiger partial charge in [-0.1, -0.05) is 18.2 Å². The second kappa shape index (κ2) is 8.35. The Hall–Kier alpha value is -2.35. The first-order valence-electron chi connectivity index (χ1n) is 8.26. The summed E-state index contributed by atoms with van der Waals surface area (Å²) < 4.78 is 44.0. The summed E-state index contributed by atoms with van der Waals surface area (Å²) in [5.41, 5.74) is 1.57. The van der Waals surface area contributed by atoms with Crippen molar-refractivity contribution in [3.63, 3.8) is 0 Å². The number of esters is 1. The van der Waals surface area contributed by atoms with Crippen molar-refractivity contribution in [3.05, 3.63) is 42.0 Å². The van der Waals surface area contributed by atoms with Crippen molar-refractivity contribution in [1.29, 1.82) is 0 Å². The van der Waals surface area contributed by atoms with E-state index in [1.54, 1.807) is 19.1 Å². The molecular formula is C18H21F3N2O3. The second-order valence-electron chi connectivity index (χ2n) is 5.88. The molecule has 0 unspecified atom stereocenters. The number of fused-ring (bicyclic) bond motifs is 1. The minimum Gasteiger partial charge on any atom is -0.465 e. The number of carbonyl (C=O) groups excluding carboxylic acids is 2. The number of hydrogen-bond donors (Lipinski definition) is 0. The fourth-order valence-electron chi connectivity index (χ4n) is 2.97. The molecule has 142 valence electrons. The summed E-state index contributed by atoms with van der Waals surface area (Å²) in [6.45, 7) is 6.16. The van der Waals surface area contributed by atoms with Gasteiger partial charge in [0, 0.05) is 25.3 Å². The van der Waals surface area contributed by atoms with Crippen molar-refractivity contribution in [1.82, 2.24) is 4.90 Å². The van der Waals surface area contributed by atoms with Crippen LogP contribution in [0.4, 0.5) is 18.9 Å². The monoisotopic (exact) mass is 370 g/mol. The normalized spacial score (nSPS) is 14.5. The lowest BCUT2D eigenvalue weighted by atomic mass is 9.97. The second-order valence-corrected chi connectivity index (χ2v) is 5.88. The third kappa shape index (κ3) is 4.63. The number of anilines is 1. The van der Waals surface area contributed by atoms with E-state index in [4.69, 9.17) is 4.74 Å². The number of amides is 1. The van der Waals surface area contributed by atoms with Gasteiger partial charge in [-0.2, -0.15) is 13.2 Å². The lowest BCUT2D eigenvalue weighted by Gasteiger charge is -2.32. The fraction of sp³-hybridized carbons (Fsp3) is 0.444. The van der Waals surface area contributed by atoms with E-state index in [9.17, 15) is 22.8 Å². The highest BCUT2D eigenvalue weighted by molar-refractivity contribution is 6.01. The van der Waals surface area contributed by atoms with Crippen LogP contribution in [0.2, 0.25) is 0 Å². The zero-order chi connectivity index (χ0) is 19.3. The summed E-state index contributed by atoms with van der Waals surface area (Å²) in [6.07, 6.45) is -2.74. The number of benzene rings is 1. The van der Waals surface area contributed by atoms with E-state index in [0.717, 1.165) is 12.1 Å². The molecule has 0 saturated carbocycles. The minimum absolute atomic E-state index is 0.0207. The van der Waals surface area contributed by atoms with E-state index >= 15 is 0 Å². The molecule has 8 heteroatoms. The van der Waals surface area contributed by atoms with E-state index in [-0.39, 0.29) is 12.3 Å². The summed E-state index contributed by atoms with van der Waals surface area (Å²) in [5, 5.41) is 0. The summed E-state index contributed by atoms with van der Waals surface area (Å²) in [5.74, 6) is -2.97. The van der Waals surface area contributed by atoms with E-state index in [0.29, 0.717) is 30.0 Å². The Labute approximate surface area is 150 Å². The maximum absolute atomic E-state index is 13.1. The average molecular weight is 370 g/mol. The molecule has 0 atom stereocenters. The van der Waals surface area contributed by atoms with Crippen molar-refractivity contribution < 1.29 is 27.5 Å². The van der Waals surface area contributed by atoms with Gasteiger partial charge in [0.15, 0.2) is 0 Å². The van der Waals surface area contributed by atoms with E-state index in [1.807, 2.05) is 11.0 Å². The number of halogens is 3. The van der Waals surface area contributed by atoms with Gasteiger partial charge in [0.1, 0.15) is 6.54 Å². The maximum atomic E-state index is 13.1. The maximum Gasteiger partial charge on any atom is 0.471 e. The quantitative estimate of drug-likeness (QED) is 0.571. The van der Waals surface area contributed by atoms with Crippen LogP contribution in [-0.2, 0) is 27.3 Å². The summed E-state index contributed by atoms with van der Waals surface area (Å²) in [4.78, 5) is 26.2. The number of carbonyl (C=O) groups is 2. The van der Waals surface area contributed by atoms with Crippen LogP contribution in [0.15, 0.2) is 30.9 Å². The van der Waals surface area contributed by atoms with Crippen molar-refractivity contribution >= 4 is 17.6 Å². The van der Waals surface area contributed by atoms with Gasteiger partial charge in [-0.15, -0.1) is 6.58 Å². The zero-order valence-electron chi connectivity index (χ0n) is 14.5. The Kier molecular flexibility index (Phi) is 6.42. The fourth-order valence-corrected chi connectivity index (χ4v) is 2.97. The van der Waals surface area contributed by atoms with Gasteiger partial charge < -0.3 is 4.74 Å². The molecule has 1 aliphatic heterocycles. The highest BCUT2D eigenvalue weighted by Gasteiger charge is 2.44. The Bertz CT molecular complexity index is 689. The summed E-state index contributed by atoms with van der Waals surface area (Å²) >= 11 is 0. The van der Waals surface area contributed by atoms with Crippen LogP contribution >= 0.6 is 0 Å². The summed E-state index contributed by atoms with van der Waals surface area (Å²) in [6, 6.07) is 4.85. The van der Waals surface area contributed by atoms with Gasteiger partial charge >= 0.3 is 18.1 Å². The molecule has 1 aliphatic rings. The van der Waals surface area contributed by atoms with Crippen LogP contribution in [0.3, 0.4) is 0 Å². The number of alkyl halides is 3. The molecule has 1 aromatic rings. The number of rotatable bonds is 6. The molecule has 0 radical (unpaired) electrons. The molecule has 0 aromatic heterocycles. The number of ether oxygens (including phenoxy) is 1. The summed E-state index contributed by atoms with van der Waals surface area (Å²) in [7, 11) is 0. The molecule has 26 heavy (non-hydrogen) atoms. The highest BCUT2D eigenvalue weighted by atomic mass is 19.4. The Morgan fingerprint density at radius 1 is 1.38 bits per heavy atom. The van der Waals surface area contributed by atoms with Gasteiger partial charge in [0.25, 0.3) is 0 Å². The predicted molar refractivity (Wildman–Crippen MR) is 90.7 cm³/mol. The molecule has 0 saturated heterocycles. The lowest BCUT2D eigenvalue weighted by molar-refractivity contribution is -0.171. The first-order chi connectivity index (χ1) is 12.3. The van der Waals surface area contributed by atoms with E-state index in [1.165, 1.54) is 6.07 Å². The molecule has 0 aliphatic carbocycles. The largest absolute Gasteiger partial charge is 0.471 e. The smallest absolute Gasteiger partial charge is 0.465 e. The van der Waals surface area contributed by atoms with Crippen LogP contribution in [0.5, 0.6) is 0 Å². The molecule has 5 nitrogen and oxygen atoms in total. The minimum atomic E-state index is -5.09. The Morgan fingerprint density at radius 3 is 2.73 bits per heavy atom. The van der Waals surface area contributed by atoms with Crippen molar-refractivity contribution in [2.75, 3.05) is 31.1 Å². The third-order valence-corrected chi connectivity index (χ3v) is 4.09. The number of nitrogens with zero attached hydrogens (tertiary/aromatic N) is 2. The van der Waals surface area contributed by atoms with E-state index in [2.05, 4.69) is 6.58 Å². The van der Waals surface area contributed by atoms with Crippen LogP contribution in [0, 0.1) is 0 Å². The molecule has 1 amide bonds. The van der Waals surface area contributed by atoms with Gasteiger partial charge in [0.2, 0.25) is 0 Å². The van der Waals surface area contributed by atoms with Gasteiger partial charge in [0.05, 0.1) is 6.61 Å². The van der Waals surface area contributed by atoms with Gasteiger partial charge in [-0.25, -0.2) is 0 Å². The molecule has 0 fully saturated rings. The third-order valence-electron chi connectivity index (χ3n) is 4.09. The highest BCUT2D eigenvalue weighted by Crippen LogP contribution is 2.32. The molecule has 0 bridgehead atoms. The zero-order valence-corrected chi connectivity index (χ0v) is 14.5.